The number of benzene rings is 8. The van der Waals surface area contributed by atoms with Crippen molar-refractivity contribution in [1.29, 1.82) is 0 Å². The Morgan fingerprint density at radius 3 is 1.35 bits per heavy atom. The predicted molar refractivity (Wildman–Crippen MR) is 223 cm³/mol. The van der Waals surface area contributed by atoms with E-state index in [9.17, 15) is 0 Å². The van der Waals surface area contributed by atoms with Gasteiger partial charge in [-0.05, 0) is 109 Å². The van der Waals surface area contributed by atoms with Crippen molar-refractivity contribution in [2.45, 2.75) is 0 Å². The minimum absolute atomic E-state index is 1.11. The third-order valence-corrected chi connectivity index (χ3v) is 11.1. The summed E-state index contributed by atoms with van der Waals surface area (Å²) in [6, 6.07) is 72.0. The molecule has 0 aliphatic rings. The zero-order valence-corrected chi connectivity index (χ0v) is 29.1. The molecule has 0 fully saturated rings. The van der Waals surface area contributed by atoms with Crippen LogP contribution in [0.2, 0.25) is 0 Å². The molecular formula is C48H33N3S. The highest BCUT2D eigenvalue weighted by Crippen LogP contribution is 2.44. The first-order valence-corrected chi connectivity index (χ1v) is 18.4. The average Bonchev–Trinajstić information content (AvgIpc) is 3.74. The van der Waals surface area contributed by atoms with Crippen molar-refractivity contribution in [2.24, 2.45) is 0 Å². The SMILES string of the molecule is c1ccc(N(c2ccccc2)c2ccc(-n3c4ccc(N(c5ccccc5)c5ccccc5)cc4c4cc5sc6ccccc6c5cc43)cc2)cc1. The number of fused-ring (bicyclic) bond motifs is 6. The van der Waals surface area contributed by atoms with E-state index in [-0.39, 0.29) is 0 Å². The topological polar surface area (TPSA) is 11.4 Å². The second-order valence-corrected chi connectivity index (χ2v) is 14.1. The highest BCUT2D eigenvalue weighted by molar-refractivity contribution is 7.25. The van der Waals surface area contributed by atoms with Crippen LogP contribution in [0.3, 0.4) is 0 Å². The van der Waals surface area contributed by atoms with E-state index in [0.29, 0.717) is 0 Å². The van der Waals surface area contributed by atoms with Crippen molar-refractivity contribution in [2.75, 3.05) is 9.80 Å². The van der Waals surface area contributed by atoms with Gasteiger partial charge in [0, 0.05) is 70.8 Å². The zero-order chi connectivity index (χ0) is 34.4. The molecule has 246 valence electrons. The molecule has 0 aliphatic heterocycles. The van der Waals surface area contributed by atoms with Gasteiger partial charge in [0.15, 0.2) is 0 Å². The smallest absolute Gasteiger partial charge is 0.0548 e. The van der Waals surface area contributed by atoms with Crippen LogP contribution in [0.15, 0.2) is 200 Å². The monoisotopic (exact) mass is 683 g/mol. The van der Waals surface area contributed by atoms with Crippen LogP contribution in [-0.4, -0.2) is 4.57 Å². The molecule has 10 rings (SSSR count). The number of rotatable bonds is 7. The molecule has 0 saturated carbocycles. The summed E-state index contributed by atoms with van der Waals surface area (Å²) in [5.74, 6) is 0. The summed E-state index contributed by atoms with van der Waals surface area (Å²) in [6.07, 6.45) is 0. The van der Waals surface area contributed by atoms with E-state index in [1.165, 1.54) is 42.0 Å². The molecule has 0 N–H and O–H groups in total. The fourth-order valence-electron chi connectivity index (χ4n) is 7.60. The molecule has 0 radical (unpaired) electrons. The molecule has 0 aliphatic carbocycles. The minimum Gasteiger partial charge on any atom is -0.311 e. The summed E-state index contributed by atoms with van der Waals surface area (Å²) in [5.41, 5.74) is 10.2. The van der Waals surface area contributed by atoms with Crippen LogP contribution in [0.4, 0.5) is 34.1 Å². The first-order valence-electron chi connectivity index (χ1n) is 17.6. The van der Waals surface area contributed by atoms with Crippen LogP contribution >= 0.6 is 11.3 Å². The summed E-state index contributed by atoms with van der Waals surface area (Å²) < 4.78 is 5.06. The van der Waals surface area contributed by atoms with E-state index in [4.69, 9.17) is 0 Å². The molecule has 0 spiro atoms. The molecular weight excluding hydrogens is 651 g/mol. The zero-order valence-electron chi connectivity index (χ0n) is 28.3. The van der Waals surface area contributed by atoms with Gasteiger partial charge in [-0.15, -0.1) is 11.3 Å². The van der Waals surface area contributed by atoms with Gasteiger partial charge >= 0.3 is 0 Å². The van der Waals surface area contributed by atoms with Crippen molar-refractivity contribution in [3.63, 3.8) is 0 Å². The van der Waals surface area contributed by atoms with Crippen molar-refractivity contribution >= 4 is 87.4 Å². The number of hydrogen-bond acceptors (Lipinski definition) is 3. The van der Waals surface area contributed by atoms with Gasteiger partial charge in [-0.2, -0.15) is 0 Å². The van der Waals surface area contributed by atoms with Gasteiger partial charge in [0.25, 0.3) is 0 Å². The van der Waals surface area contributed by atoms with E-state index in [1.807, 2.05) is 11.3 Å². The van der Waals surface area contributed by atoms with Crippen LogP contribution in [0.5, 0.6) is 0 Å². The third kappa shape index (κ3) is 5.12. The Hall–Kier alpha value is -6.62. The van der Waals surface area contributed by atoms with Crippen LogP contribution in [0.25, 0.3) is 47.7 Å². The number of anilines is 6. The quantitative estimate of drug-likeness (QED) is 0.166. The van der Waals surface area contributed by atoms with E-state index in [1.54, 1.807) is 0 Å². The second kappa shape index (κ2) is 12.6. The van der Waals surface area contributed by atoms with Crippen LogP contribution < -0.4 is 9.80 Å². The highest BCUT2D eigenvalue weighted by atomic mass is 32.1. The normalized spacial score (nSPS) is 11.5. The molecule has 4 heteroatoms. The number of aromatic nitrogens is 1. The Balaban J connectivity index is 1.19. The van der Waals surface area contributed by atoms with E-state index >= 15 is 0 Å². The number of nitrogens with zero attached hydrogens (tertiary/aromatic N) is 3. The van der Waals surface area contributed by atoms with Gasteiger partial charge in [0.05, 0.1) is 11.0 Å². The maximum absolute atomic E-state index is 2.44. The van der Waals surface area contributed by atoms with Gasteiger partial charge in [0.2, 0.25) is 0 Å². The van der Waals surface area contributed by atoms with E-state index < -0.39 is 0 Å². The number of thiophene rings is 1. The fourth-order valence-corrected chi connectivity index (χ4v) is 8.72. The van der Waals surface area contributed by atoms with Gasteiger partial charge in [-0.1, -0.05) is 91.0 Å². The summed E-state index contributed by atoms with van der Waals surface area (Å²) in [7, 11) is 0. The van der Waals surface area contributed by atoms with Crippen molar-refractivity contribution in [3.8, 4) is 5.69 Å². The number of hydrogen-bond donors (Lipinski definition) is 0. The lowest BCUT2D eigenvalue weighted by molar-refractivity contribution is 1.17. The molecule has 2 aromatic heterocycles. The molecule has 0 amide bonds. The lowest BCUT2D eigenvalue weighted by Crippen LogP contribution is -2.10. The molecule has 3 nitrogen and oxygen atoms in total. The molecule has 0 bridgehead atoms. The Kier molecular flexibility index (Phi) is 7.33. The molecule has 2 heterocycles. The third-order valence-electron chi connectivity index (χ3n) is 9.93. The summed E-state index contributed by atoms with van der Waals surface area (Å²) in [4.78, 5) is 4.65. The molecule has 0 saturated heterocycles. The second-order valence-electron chi connectivity index (χ2n) is 13.0. The van der Waals surface area contributed by atoms with Crippen LogP contribution in [0.1, 0.15) is 0 Å². The van der Waals surface area contributed by atoms with Gasteiger partial charge in [-0.25, -0.2) is 0 Å². The first-order chi connectivity index (χ1) is 25.8. The Morgan fingerprint density at radius 1 is 0.308 bits per heavy atom. The highest BCUT2D eigenvalue weighted by Gasteiger charge is 2.20. The van der Waals surface area contributed by atoms with Crippen molar-refractivity contribution in [1.82, 2.24) is 4.57 Å². The molecule has 52 heavy (non-hydrogen) atoms. The summed E-state index contributed by atoms with van der Waals surface area (Å²) in [5, 5.41) is 5.07. The largest absolute Gasteiger partial charge is 0.311 e. The van der Waals surface area contributed by atoms with Crippen LogP contribution in [-0.2, 0) is 0 Å². The minimum atomic E-state index is 1.11. The lowest BCUT2D eigenvalue weighted by atomic mass is 10.1. The van der Waals surface area contributed by atoms with Gasteiger partial charge < -0.3 is 14.4 Å². The molecule has 0 atom stereocenters. The van der Waals surface area contributed by atoms with Crippen molar-refractivity contribution < 1.29 is 0 Å². The molecule has 0 unspecified atom stereocenters. The summed E-state index contributed by atoms with van der Waals surface area (Å²) in [6.45, 7) is 0. The molecule has 8 aromatic carbocycles. The van der Waals surface area contributed by atoms with Crippen LogP contribution in [0, 0.1) is 0 Å². The van der Waals surface area contributed by atoms with E-state index in [0.717, 1.165) is 39.8 Å². The number of para-hydroxylation sites is 4. The standard InChI is InChI=1S/C48H33N3S/c1-5-15-34(16-6-1)49(35-17-7-2-8-18-35)38-25-27-39(28-26-38)51-45-30-29-40(50(36-19-9-3-10-20-36)37-21-11-4-12-22-37)31-42(45)43-33-48-44(32-46(43)51)41-23-13-14-24-47(41)52-48/h1-33H. The first kappa shape index (κ1) is 30.2. The fraction of sp³-hybridized carbons (Fsp3) is 0. The average molecular weight is 684 g/mol. The Bertz CT molecular complexity index is 2750. The van der Waals surface area contributed by atoms with Crippen molar-refractivity contribution in [3.05, 3.63) is 200 Å². The Morgan fingerprint density at radius 2 is 0.769 bits per heavy atom. The summed E-state index contributed by atoms with van der Waals surface area (Å²) >= 11 is 1.87. The van der Waals surface area contributed by atoms with Gasteiger partial charge in [-0.3, -0.25) is 0 Å². The maximum Gasteiger partial charge on any atom is 0.0548 e. The predicted octanol–water partition coefficient (Wildman–Crippen LogP) is 14.1. The molecule has 10 aromatic rings. The van der Waals surface area contributed by atoms with Gasteiger partial charge in [0.1, 0.15) is 0 Å². The Labute approximate surface area is 306 Å². The maximum atomic E-state index is 2.44. The lowest BCUT2D eigenvalue weighted by Gasteiger charge is -2.26. The van der Waals surface area contributed by atoms with E-state index in [2.05, 4.69) is 215 Å².